The lowest BCUT2D eigenvalue weighted by Gasteiger charge is -2.35. The van der Waals surface area contributed by atoms with Gasteiger partial charge in [0.05, 0.1) is 24.3 Å². The third kappa shape index (κ3) is 4.36. The Morgan fingerprint density at radius 1 is 1.16 bits per heavy atom. The molecule has 8 nitrogen and oxygen atoms in total. The molecule has 25 heavy (non-hydrogen) atoms. The molecule has 1 saturated heterocycles. The van der Waals surface area contributed by atoms with Crippen LogP contribution in [0.1, 0.15) is 5.76 Å². The van der Waals surface area contributed by atoms with Gasteiger partial charge in [0.2, 0.25) is 5.91 Å². The summed E-state index contributed by atoms with van der Waals surface area (Å²) < 4.78 is 5.18. The van der Waals surface area contributed by atoms with E-state index in [9.17, 15) is 14.9 Å². The number of amides is 1. The number of furan rings is 1. The molecule has 8 heteroatoms. The molecule has 0 bridgehead atoms. The molecule has 0 saturated carbocycles. The van der Waals surface area contributed by atoms with E-state index in [1.807, 2.05) is 15.9 Å². The number of carbonyl (C=O) groups excluding carboxylic acids is 1. The van der Waals surface area contributed by atoms with Crippen LogP contribution in [0.2, 0.25) is 0 Å². The summed E-state index contributed by atoms with van der Waals surface area (Å²) in [7, 11) is 0. The van der Waals surface area contributed by atoms with Gasteiger partial charge in [-0.3, -0.25) is 19.8 Å². The van der Waals surface area contributed by atoms with Gasteiger partial charge in [-0.2, -0.15) is 0 Å². The predicted octanol–water partition coefficient (Wildman–Crippen LogP) is 1.63. The van der Waals surface area contributed by atoms with Crippen molar-refractivity contribution in [1.82, 2.24) is 10.2 Å². The molecular weight excluding hydrogens is 324 g/mol. The average Bonchev–Trinajstić information content (AvgIpc) is 3.14. The van der Waals surface area contributed by atoms with Crippen molar-refractivity contribution in [3.8, 4) is 0 Å². The van der Waals surface area contributed by atoms with E-state index in [2.05, 4.69) is 5.32 Å². The number of piperazine rings is 1. The van der Waals surface area contributed by atoms with E-state index < -0.39 is 0 Å². The van der Waals surface area contributed by atoms with Gasteiger partial charge < -0.3 is 14.6 Å². The Hall–Kier alpha value is -2.87. The number of nitrogens with one attached hydrogen (secondary N) is 1. The van der Waals surface area contributed by atoms with Gasteiger partial charge in [0.1, 0.15) is 11.4 Å². The van der Waals surface area contributed by atoms with Gasteiger partial charge in [-0.15, -0.1) is 0 Å². The highest BCUT2D eigenvalue weighted by Gasteiger charge is 2.24. The van der Waals surface area contributed by atoms with E-state index in [1.54, 1.807) is 30.5 Å². The smallest absolute Gasteiger partial charge is 0.292 e. The number of rotatable bonds is 6. The second-order valence-corrected chi connectivity index (χ2v) is 5.87. The van der Waals surface area contributed by atoms with Crippen molar-refractivity contribution in [2.75, 3.05) is 37.6 Å². The first kappa shape index (κ1) is 17.0. The third-order valence-electron chi connectivity index (χ3n) is 4.20. The quantitative estimate of drug-likeness (QED) is 0.632. The summed E-state index contributed by atoms with van der Waals surface area (Å²) in [6.45, 7) is 3.35. The number of nitrogens with zero attached hydrogens (tertiary/aromatic N) is 3. The van der Waals surface area contributed by atoms with Crippen LogP contribution in [0.15, 0.2) is 47.1 Å². The van der Waals surface area contributed by atoms with Crippen LogP contribution in [0.25, 0.3) is 0 Å². The molecule has 0 aliphatic carbocycles. The average molecular weight is 344 g/mol. The highest BCUT2D eigenvalue weighted by molar-refractivity contribution is 5.78. The third-order valence-corrected chi connectivity index (χ3v) is 4.20. The molecule has 0 spiro atoms. The van der Waals surface area contributed by atoms with E-state index in [0.29, 0.717) is 45.0 Å². The Kier molecular flexibility index (Phi) is 5.30. The number of hydrogen-bond donors (Lipinski definition) is 1. The van der Waals surface area contributed by atoms with Crippen LogP contribution in [0.5, 0.6) is 0 Å². The molecule has 1 fully saturated rings. The summed E-state index contributed by atoms with van der Waals surface area (Å²) in [6.07, 6.45) is 1.57. The van der Waals surface area contributed by atoms with E-state index in [4.69, 9.17) is 4.42 Å². The van der Waals surface area contributed by atoms with E-state index in [-0.39, 0.29) is 16.5 Å². The molecule has 1 N–H and O–H groups in total. The van der Waals surface area contributed by atoms with Crippen LogP contribution < -0.4 is 10.2 Å². The zero-order valence-electron chi connectivity index (χ0n) is 13.8. The van der Waals surface area contributed by atoms with E-state index in [1.165, 1.54) is 6.07 Å². The lowest BCUT2D eigenvalue weighted by molar-refractivity contribution is -0.384. The number of anilines is 1. The fraction of sp³-hybridized carbons (Fsp3) is 0.353. The number of benzene rings is 1. The minimum Gasteiger partial charge on any atom is -0.467 e. The first-order valence-electron chi connectivity index (χ1n) is 8.13. The highest BCUT2D eigenvalue weighted by atomic mass is 16.6. The molecule has 0 unspecified atom stereocenters. The molecule has 132 valence electrons. The first-order chi connectivity index (χ1) is 12.1. The second-order valence-electron chi connectivity index (χ2n) is 5.87. The van der Waals surface area contributed by atoms with Crippen LogP contribution in [0.3, 0.4) is 0 Å². The molecule has 1 amide bonds. The normalized spacial score (nSPS) is 15.1. The summed E-state index contributed by atoms with van der Waals surface area (Å²) in [5.41, 5.74) is 0.751. The minimum atomic E-state index is -0.357. The lowest BCUT2D eigenvalue weighted by Crippen LogP contribution is -2.49. The summed E-state index contributed by atoms with van der Waals surface area (Å²) in [5, 5.41) is 14.0. The van der Waals surface area contributed by atoms with Crippen molar-refractivity contribution in [1.29, 1.82) is 0 Å². The number of nitro benzene ring substituents is 1. The molecule has 2 heterocycles. The zero-order chi connectivity index (χ0) is 17.6. The fourth-order valence-electron chi connectivity index (χ4n) is 2.89. The van der Waals surface area contributed by atoms with Gasteiger partial charge >= 0.3 is 0 Å². The highest BCUT2D eigenvalue weighted by Crippen LogP contribution is 2.28. The summed E-state index contributed by atoms with van der Waals surface area (Å²) >= 11 is 0. The maximum Gasteiger partial charge on any atom is 0.292 e. The minimum absolute atomic E-state index is 0.0597. The van der Waals surface area contributed by atoms with Gasteiger partial charge in [-0.05, 0) is 18.2 Å². The largest absolute Gasteiger partial charge is 0.467 e. The molecule has 2 aromatic rings. The number of nitro groups is 1. The van der Waals surface area contributed by atoms with Crippen molar-refractivity contribution in [3.05, 3.63) is 58.5 Å². The van der Waals surface area contributed by atoms with Crippen molar-refractivity contribution < 1.29 is 14.1 Å². The summed E-state index contributed by atoms with van der Waals surface area (Å²) in [6, 6.07) is 10.3. The van der Waals surface area contributed by atoms with Crippen LogP contribution in [0, 0.1) is 10.1 Å². The van der Waals surface area contributed by atoms with Crippen LogP contribution in [-0.2, 0) is 11.3 Å². The SMILES string of the molecule is O=C(CN1CCN(c2ccccc2[N+](=O)[O-])CC1)NCc1ccco1. The van der Waals surface area contributed by atoms with Crippen molar-refractivity contribution in [2.45, 2.75) is 6.54 Å². The Morgan fingerprint density at radius 2 is 1.92 bits per heavy atom. The number of para-hydroxylation sites is 2. The van der Waals surface area contributed by atoms with Gasteiger partial charge in [-0.25, -0.2) is 0 Å². The van der Waals surface area contributed by atoms with Gasteiger partial charge in [0, 0.05) is 32.2 Å². The van der Waals surface area contributed by atoms with Crippen molar-refractivity contribution in [2.24, 2.45) is 0 Å². The molecule has 0 radical (unpaired) electrons. The summed E-state index contributed by atoms with van der Waals surface area (Å²) in [4.78, 5) is 26.8. The van der Waals surface area contributed by atoms with E-state index in [0.717, 1.165) is 5.76 Å². The Balaban J connectivity index is 1.49. The fourth-order valence-corrected chi connectivity index (χ4v) is 2.89. The number of hydrogen-bond acceptors (Lipinski definition) is 6. The van der Waals surface area contributed by atoms with Crippen LogP contribution in [-0.4, -0.2) is 48.5 Å². The Bertz CT molecular complexity index is 724. The van der Waals surface area contributed by atoms with Crippen molar-refractivity contribution >= 4 is 17.3 Å². The van der Waals surface area contributed by atoms with Gasteiger partial charge in [0.25, 0.3) is 5.69 Å². The number of carbonyl (C=O) groups is 1. The molecule has 1 aromatic heterocycles. The maximum absolute atomic E-state index is 12.0. The summed E-state index contributed by atoms with van der Waals surface area (Å²) in [5.74, 6) is 0.657. The van der Waals surface area contributed by atoms with Crippen LogP contribution >= 0.6 is 0 Å². The zero-order valence-corrected chi connectivity index (χ0v) is 13.8. The maximum atomic E-state index is 12.0. The lowest BCUT2D eigenvalue weighted by atomic mass is 10.2. The monoisotopic (exact) mass is 344 g/mol. The standard InChI is InChI=1S/C17H20N4O4/c22-17(18-12-14-4-3-11-25-14)13-19-7-9-20(10-8-19)15-5-1-2-6-16(15)21(23)24/h1-6,11H,7-10,12-13H2,(H,18,22). The molecule has 3 rings (SSSR count). The van der Waals surface area contributed by atoms with Gasteiger partial charge in [-0.1, -0.05) is 12.1 Å². The Labute approximate surface area is 145 Å². The molecular formula is C17H20N4O4. The molecule has 1 aliphatic rings. The van der Waals surface area contributed by atoms with Gasteiger partial charge in [0.15, 0.2) is 0 Å². The van der Waals surface area contributed by atoms with E-state index >= 15 is 0 Å². The predicted molar refractivity (Wildman–Crippen MR) is 92.3 cm³/mol. The second kappa shape index (κ2) is 7.80. The topological polar surface area (TPSA) is 91.9 Å². The molecule has 0 atom stereocenters. The van der Waals surface area contributed by atoms with Crippen LogP contribution in [0.4, 0.5) is 11.4 Å². The van der Waals surface area contributed by atoms with Crippen molar-refractivity contribution in [3.63, 3.8) is 0 Å². The first-order valence-corrected chi connectivity index (χ1v) is 8.13. The molecule has 1 aliphatic heterocycles. The Morgan fingerprint density at radius 3 is 2.60 bits per heavy atom. The molecule has 1 aromatic carbocycles.